The Kier molecular flexibility index (Phi) is 3.50. The molecule has 0 aromatic carbocycles. The Morgan fingerprint density at radius 1 is 1.31 bits per heavy atom. The van der Waals surface area contributed by atoms with E-state index in [0.717, 1.165) is 32.3 Å². The molecule has 0 N–H and O–H groups in total. The van der Waals surface area contributed by atoms with E-state index < -0.39 is 5.79 Å². The predicted molar refractivity (Wildman–Crippen MR) is 57.8 cm³/mol. The van der Waals surface area contributed by atoms with Gasteiger partial charge in [-0.1, -0.05) is 0 Å². The van der Waals surface area contributed by atoms with E-state index in [2.05, 4.69) is 0 Å². The molecule has 2 aliphatic rings. The first kappa shape index (κ1) is 11.9. The molecular formula is C12H20O4. The molecule has 2 fully saturated rings. The summed E-state index contributed by atoms with van der Waals surface area (Å²) >= 11 is 0. The van der Waals surface area contributed by atoms with Crippen LogP contribution in [0.3, 0.4) is 0 Å². The van der Waals surface area contributed by atoms with Crippen LogP contribution >= 0.6 is 0 Å². The van der Waals surface area contributed by atoms with E-state index in [9.17, 15) is 4.79 Å². The molecule has 0 radical (unpaired) electrons. The first-order valence-corrected chi connectivity index (χ1v) is 6.05. The maximum atomic E-state index is 11.0. The average molecular weight is 228 g/mol. The van der Waals surface area contributed by atoms with Crippen molar-refractivity contribution in [2.75, 3.05) is 13.2 Å². The van der Waals surface area contributed by atoms with Gasteiger partial charge in [0.15, 0.2) is 5.79 Å². The molecule has 4 heteroatoms. The van der Waals surface area contributed by atoms with Gasteiger partial charge in [0.25, 0.3) is 0 Å². The van der Waals surface area contributed by atoms with Crippen LogP contribution in [0.5, 0.6) is 0 Å². The van der Waals surface area contributed by atoms with Crippen molar-refractivity contribution < 1.29 is 19.0 Å². The summed E-state index contributed by atoms with van der Waals surface area (Å²) in [6.45, 7) is 4.90. The standard InChI is InChI=1S/C12H20O4/c1-9(13)16-11-4-3-6-14-12(2)10(8-11)5-7-15-12/h10-11H,3-8H2,1-2H3. The molecule has 0 spiro atoms. The van der Waals surface area contributed by atoms with E-state index in [4.69, 9.17) is 14.2 Å². The Labute approximate surface area is 96.2 Å². The van der Waals surface area contributed by atoms with Gasteiger partial charge in [0.1, 0.15) is 6.10 Å². The van der Waals surface area contributed by atoms with Gasteiger partial charge in [-0.2, -0.15) is 0 Å². The van der Waals surface area contributed by atoms with E-state index in [1.165, 1.54) is 6.92 Å². The Bertz CT molecular complexity index is 266. The number of hydrogen-bond donors (Lipinski definition) is 0. The van der Waals surface area contributed by atoms with Crippen LogP contribution in [0.25, 0.3) is 0 Å². The molecule has 2 heterocycles. The van der Waals surface area contributed by atoms with Crippen molar-refractivity contribution in [2.24, 2.45) is 5.92 Å². The number of carbonyl (C=O) groups is 1. The third-order valence-electron chi connectivity index (χ3n) is 3.54. The third kappa shape index (κ3) is 2.55. The minimum atomic E-state index is -0.460. The molecule has 0 amide bonds. The molecule has 2 rings (SSSR count). The second-order valence-electron chi connectivity index (χ2n) is 4.81. The largest absolute Gasteiger partial charge is 0.463 e. The summed E-state index contributed by atoms with van der Waals surface area (Å²) in [6.07, 6.45) is 3.70. The van der Waals surface area contributed by atoms with Gasteiger partial charge in [-0.15, -0.1) is 0 Å². The Morgan fingerprint density at radius 2 is 2.06 bits per heavy atom. The predicted octanol–water partition coefficient (Wildman–Crippen LogP) is 1.87. The Balaban J connectivity index is 2.01. The van der Waals surface area contributed by atoms with Crippen LogP contribution in [0.15, 0.2) is 0 Å². The minimum absolute atomic E-state index is 0.0347. The van der Waals surface area contributed by atoms with Crippen molar-refractivity contribution in [3.8, 4) is 0 Å². The van der Waals surface area contributed by atoms with Crippen LogP contribution in [-0.4, -0.2) is 31.1 Å². The SMILES string of the molecule is CC(=O)OC1CCCOC2(C)OCCC2C1. The lowest BCUT2D eigenvalue weighted by Gasteiger charge is -2.34. The summed E-state index contributed by atoms with van der Waals surface area (Å²) < 4.78 is 16.8. The molecule has 0 bridgehead atoms. The molecule has 4 nitrogen and oxygen atoms in total. The maximum absolute atomic E-state index is 11.0. The summed E-state index contributed by atoms with van der Waals surface area (Å²) in [5, 5.41) is 0. The van der Waals surface area contributed by atoms with E-state index in [1.54, 1.807) is 0 Å². The molecule has 16 heavy (non-hydrogen) atoms. The van der Waals surface area contributed by atoms with E-state index >= 15 is 0 Å². The molecule has 0 aromatic rings. The van der Waals surface area contributed by atoms with Gasteiger partial charge >= 0.3 is 5.97 Å². The van der Waals surface area contributed by atoms with Crippen LogP contribution in [0.2, 0.25) is 0 Å². The smallest absolute Gasteiger partial charge is 0.302 e. The highest BCUT2D eigenvalue weighted by molar-refractivity contribution is 5.66. The second-order valence-corrected chi connectivity index (χ2v) is 4.81. The van der Waals surface area contributed by atoms with Crippen molar-refractivity contribution in [1.82, 2.24) is 0 Å². The third-order valence-corrected chi connectivity index (χ3v) is 3.54. The molecule has 2 aliphatic heterocycles. The molecule has 3 unspecified atom stereocenters. The number of rotatable bonds is 1. The zero-order valence-electron chi connectivity index (χ0n) is 10.0. The molecule has 2 saturated heterocycles. The van der Waals surface area contributed by atoms with E-state index in [0.29, 0.717) is 12.5 Å². The van der Waals surface area contributed by atoms with Gasteiger partial charge in [-0.3, -0.25) is 4.79 Å². The first-order chi connectivity index (χ1) is 7.60. The Hall–Kier alpha value is -0.610. The highest BCUT2D eigenvalue weighted by atomic mass is 16.7. The maximum Gasteiger partial charge on any atom is 0.302 e. The summed E-state index contributed by atoms with van der Waals surface area (Å²) in [6, 6.07) is 0. The number of hydrogen-bond acceptors (Lipinski definition) is 4. The second kappa shape index (κ2) is 4.72. The number of ether oxygens (including phenoxy) is 3. The molecule has 0 aromatic heterocycles. The summed E-state index contributed by atoms with van der Waals surface area (Å²) in [7, 11) is 0. The van der Waals surface area contributed by atoms with Gasteiger partial charge in [-0.25, -0.2) is 0 Å². The van der Waals surface area contributed by atoms with E-state index in [-0.39, 0.29) is 12.1 Å². The fraction of sp³-hybridized carbons (Fsp3) is 0.917. The van der Waals surface area contributed by atoms with Gasteiger partial charge in [0.2, 0.25) is 0 Å². The fourth-order valence-corrected chi connectivity index (χ4v) is 2.64. The van der Waals surface area contributed by atoms with Gasteiger partial charge < -0.3 is 14.2 Å². The summed E-state index contributed by atoms with van der Waals surface area (Å²) in [4.78, 5) is 11.0. The minimum Gasteiger partial charge on any atom is -0.463 e. The number of fused-ring (bicyclic) bond motifs is 1. The van der Waals surface area contributed by atoms with Gasteiger partial charge in [0.05, 0.1) is 13.2 Å². The quantitative estimate of drug-likeness (QED) is 0.643. The lowest BCUT2D eigenvalue weighted by atomic mass is 9.90. The number of carbonyl (C=O) groups excluding carboxylic acids is 1. The summed E-state index contributed by atoms with van der Waals surface area (Å²) in [5.74, 6) is -0.303. The lowest BCUT2D eigenvalue weighted by molar-refractivity contribution is -0.229. The van der Waals surface area contributed by atoms with Crippen LogP contribution in [0.1, 0.15) is 39.5 Å². The number of esters is 1. The highest BCUT2D eigenvalue weighted by Crippen LogP contribution is 2.38. The van der Waals surface area contributed by atoms with Crippen LogP contribution in [0.4, 0.5) is 0 Å². The monoisotopic (exact) mass is 228 g/mol. The van der Waals surface area contributed by atoms with Crippen LogP contribution in [0, 0.1) is 5.92 Å². The molecule has 0 aliphatic carbocycles. The van der Waals surface area contributed by atoms with Crippen molar-refractivity contribution >= 4 is 5.97 Å². The zero-order chi connectivity index (χ0) is 11.6. The van der Waals surface area contributed by atoms with Crippen molar-refractivity contribution in [3.05, 3.63) is 0 Å². The lowest BCUT2D eigenvalue weighted by Crippen LogP contribution is -2.39. The van der Waals surface area contributed by atoms with Gasteiger partial charge in [0, 0.05) is 12.8 Å². The van der Waals surface area contributed by atoms with Gasteiger partial charge in [-0.05, 0) is 32.6 Å². The van der Waals surface area contributed by atoms with E-state index in [1.807, 2.05) is 6.92 Å². The van der Waals surface area contributed by atoms with Crippen LogP contribution < -0.4 is 0 Å². The van der Waals surface area contributed by atoms with Crippen molar-refractivity contribution in [2.45, 2.75) is 51.4 Å². The topological polar surface area (TPSA) is 44.8 Å². The fourth-order valence-electron chi connectivity index (χ4n) is 2.64. The molecular weight excluding hydrogens is 208 g/mol. The first-order valence-electron chi connectivity index (χ1n) is 6.05. The highest BCUT2D eigenvalue weighted by Gasteiger charge is 2.43. The Morgan fingerprint density at radius 3 is 2.81 bits per heavy atom. The molecule has 92 valence electrons. The average Bonchev–Trinajstić information content (AvgIpc) is 2.51. The van der Waals surface area contributed by atoms with Crippen molar-refractivity contribution in [1.29, 1.82) is 0 Å². The zero-order valence-corrected chi connectivity index (χ0v) is 10.0. The molecule has 0 saturated carbocycles. The van der Waals surface area contributed by atoms with Crippen LogP contribution in [-0.2, 0) is 19.0 Å². The van der Waals surface area contributed by atoms with Crippen molar-refractivity contribution in [3.63, 3.8) is 0 Å². The normalized spacial score (nSPS) is 39.6. The molecule has 3 atom stereocenters. The summed E-state index contributed by atoms with van der Waals surface area (Å²) in [5.41, 5.74) is 0.